The lowest BCUT2D eigenvalue weighted by atomic mass is 10.0. The monoisotopic (exact) mass is 416 g/mol. The predicted molar refractivity (Wildman–Crippen MR) is 122 cm³/mol. The van der Waals surface area contributed by atoms with Gasteiger partial charge in [0.25, 0.3) is 0 Å². The van der Waals surface area contributed by atoms with Crippen molar-refractivity contribution in [3.8, 4) is 11.5 Å². The molecule has 3 aromatic carbocycles. The SMILES string of the molecule is Cc1cc(OC(=O)c2cc(C)c(C)c(C)c2)ccc1OC(=O)c1cc(C)c(C)c(C)c1. The Kier molecular flexibility index (Phi) is 6.30. The molecule has 0 N–H and O–H groups in total. The van der Waals surface area contributed by atoms with Crippen LogP contribution in [0.3, 0.4) is 0 Å². The van der Waals surface area contributed by atoms with Gasteiger partial charge >= 0.3 is 11.9 Å². The van der Waals surface area contributed by atoms with Gasteiger partial charge in [0.2, 0.25) is 0 Å². The van der Waals surface area contributed by atoms with Crippen molar-refractivity contribution in [1.82, 2.24) is 0 Å². The summed E-state index contributed by atoms with van der Waals surface area (Å²) in [6, 6.07) is 12.3. The maximum Gasteiger partial charge on any atom is 0.343 e. The van der Waals surface area contributed by atoms with Crippen LogP contribution in [0, 0.1) is 48.5 Å². The van der Waals surface area contributed by atoms with Gasteiger partial charge in [0.05, 0.1) is 11.1 Å². The summed E-state index contributed by atoms with van der Waals surface area (Å²) in [5.41, 5.74) is 8.25. The highest BCUT2D eigenvalue weighted by atomic mass is 16.5. The molecule has 31 heavy (non-hydrogen) atoms. The Hall–Kier alpha value is -3.40. The van der Waals surface area contributed by atoms with Crippen LogP contribution in [0.2, 0.25) is 0 Å². The fourth-order valence-electron chi connectivity index (χ4n) is 3.43. The summed E-state index contributed by atoms with van der Waals surface area (Å²) in [4.78, 5) is 25.2. The summed E-state index contributed by atoms with van der Waals surface area (Å²) in [6.07, 6.45) is 0. The Morgan fingerprint density at radius 3 is 1.39 bits per heavy atom. The molecule has 0 saturated carbocycles. The Balaban J connectivity index is 1.76. The van der Waals surface area contributed by atoms with Crippen molar-refractivity contribution in [3.05, 3.63) is 92.5 Å². The molecule has 0 saturated heterocycles. The van der Waals surface area contributed by atoms with Gasteiger partial charge in [-0.2, -0.15) is 0 Å². The molecule has 4 nitrogen and oxygen atoms in total. The van der Waals surface area contributed by atoms with E-state index < -0.39 is 11.9 Å². The van der Waals surface area contributed by atoms with Gasteiger partial charge in [0.15, 0.2) is 0 Å². The molecule has 0 radical (unpaired) electrons. The summed E-state index contributed by atoms with van der Waals surface area (Å²) in [6.45, 7) is 13.8. The zero-order valence-corrected chi connectivity index (χ0v) is 19.2. The molecule has 160 valence electrons. The van der Waals surface area contributed by atoms with E-state index in [2.05, 4.69) is 0 Å². The van der Waals surface area contributed by atoms with Crippen LogP contribution in [0.5, 0.6) is 11.5 Å². The van der Waals surface area contributed by atoms with Crippen LogP contribution in [-0.4, -0.2) is 11.9 Å². The molecule has 4 heteroatoms. The van der Waals surface area contributed by atoms with Gasteiger partial charge in [0.1, 0.15) is 11.5 Å². The summed E-state index contributed by atoms with van der Waals surface area (Å²) in [5.74, 6) is 0.00788. The molecule has 0 fully saturated rings. The molecule has 0 spiro atoms. The van der Waals surface area contributed by atoms with E-state index in [0.717, 1.165) is 33.4 Å². The molecule has 3 aromatic rings. The molecule has 0 aliphatic heterocycles. The smallest absolute Gasteiger partial charge is 0.343 e. The van der Waals surface area contributed by atoms with Crippen LogP contribution in [-0.2, 0) is 0 Å². The van der Waals surface area contributed by atoms with E-state index in [1.54, 1.807) is 18.2 Å². The van der Waals surface area contributed by atoms with Gasteiger partial charge in [-0.1, -0.05) is 0 Å². The number of hydrogen-bond donors (Lipinski definition) is 0. The Labute approximate surface area is 183 Å². The van der Waals surface area contributed by atoms with Crippen molar-refractivity contribution in [2.45, 2.75) is 48.5 Å². The minimum Gasteiger partial charge on any atom is -0.423 e. The third-order valence-corrected chi connectivity index (χ3v) is 5.89. The molecule has 0 unspecified atom stereocenters. The first-order chi connectivity index (χ1) is 14.6. The minimum absolute atomic E-state index is 0.403. The van der Waals surface area contributed by atoms with Gasteiger partial charge in [0, 0.05) is 0 Å². The summed E-state index contributed by atoms with van der Waals surface area (Å²) in [5, 5.41) is 0. The maximum absolute atomic E-state index is 12.6. The highest BCUT2D eigenvalue weighted by Crippen LogP contribution is 2.26. The number of benzene rings is 3. The van der Waals surface area contributed by atoms with Crippen LogP contribution in [0.15, 0.2) is 42.5 Å². The average molecular weight is 417 g/mol. The van der Waals surface area contributed by atoms with Gasteiger partial charge in [-0.25, -0.2) is 9.59 Å². The highest BCUT2D eigenvalue weighted by molar-refractivity contribution is 5.92. The lowest BCUT2D eigenvalue weighted by Gasteiger charge is -2.12. The average Bonchev–Trinajstić information content (AvgIpc) is 2.71. The topological polar surface area (TPSA) is 52.6 Å². The van der Waals surface area contributed by atoms with E-state index in [4.69, 9.17) is 9.47 Å². The van der Waals surface area contributed by atoms with Crippen LogP contribution in [0.1, 0.15) is 59.7 Å². The van der Waals surface area contributed by atoms with Gasteiger partial charge in [-0.15, -0.1) is 0 Å². The van der Waals surface area contributed by atoms with Crippen molar-refractivity contribution in [1.29, 1.82) is 0 Å². The normalized spacial score (nSPS) is 10.7. The molecule has 0 heterocycles. The fourth-order valence-corrected chi connectivity index (χ4v) is 3.43. The van der Waals surface area contributed by atoms with Crippen LogP contribution >= 0.6 is 0 Å². The zero-order valence-electron chi connectivity index (χ0n) is 19.2. The maximum atomic E-state index is 12.6. The molecule has 0 amide bonds. The standard InChI is InChI=1S/C27H28O4/c1-15-10-22(11-16(2)20(15)6)26(28)30-24-8-9-25(19(5)14-24)31-27(29)23-12-17(3)21(7)18(4)13-23/h8-14H,1-7H3. The second kappa shape index (κ2) is 8.76. The second-order valence-electron chi connectivity index (χ2n) is 8.18. The minimum atomic E-state index is -0.416. The summed E-state index contributed by atoms with van der Waals surface area (Å²) < 4.78 is 11.1. The number of esters is 2. The van der Waals surface area contributed by atoms with Gasteiger partial charge < -0.3 is 9.47 Å². The third-order valence-electron chi connectivity index (χ3n) is 5.89. The highest BCUT2D eigenvalue weighted by Gasteiger charge is 2.15. The lowest BCUT2D eigenvalue weighted by molar-refractivity contribution is 0.0718. The van der Waals surface area contributed by atoms with Gasteiger partial charge in [-0.3, -0.25) is 0 Å². The largest absolute Gasteiger partial charge is 0.423 e. The molecule has 0 aliphatic carbocycles. The first-order valence-electron chi connectivity index (χ1n) is 10.3. The quantitative estimate of drug-likeness (QED) is 0.371. The van der Waals surface area contributed by atoms with Gasteiger partial charge in [-0.05, 0) is 130 Å². The molecular formula is C27H28O4. The van der Waals surface area contributed by atoms with E-state index >= 15 is 0 Å². The van der Waals surface area contributed by atoms with Crippen LogP contribution in [0.4, 0.5) is 0 Å². The number of carbonyl (C=O) groups excluding carboxylic acids is 2. The fraction of sp³-hybridized carbons (Fsp3) is 0.259. The van der Waals surface area contributed by atoms with Crippen molar-refractivity contribution in [2.24, 2.45) is 0 Å². The van der Waals surface area contributed by atoms with Crippen molar-refractivity contribution in [2.75, 3.05) is 0 Å². The van der Waals surface area contributed by atoms with Crippen molar-refractivity contribution in [3.63, 3.8) is 0 Å². The van der Waals surface area contributed by atoms with E-state index in [1.165, 1.54) is 0 Å². The summed E-state index contributed by atoms with van der Waals surface area (Å²) >= 11 is 0. The molecule has 3 rings (SSSR count). The molecule has 0 atom stereocenters. The van der Waals surface area contributed by atoms with Crippen LogP contribution < -0.4 is 9.47 Å². The number of hydrogen-bond acceptors (Lipinski definition) is 4. The van der Waals surface area contributed by atoms with Crippen molar-refractivity contribution < 1.29 is 19.1 Å². The Bertz CT molecular complexity index is 1140. The summed E-state index contributed by atoms with van der Waals surface area (Å²) in [7, 11) is 0. The van der Waals surface area contributed by atoms with E-state index in [1.807, 2.05) is 72.7 Å². The predicted octanol–water partition coefficient (Wildman–Crippen LogP) is 6.28. The van der Waals surface area contributed by atoms with E-state index in [9.17, 15) is 9.59 Å². The lowest BCUT2D eigenvalue weighted by Crippen LogP contribution is -2.11. The number of carbonyl (C=O) groups is 2. The third kappa shape index (κ3) is 4.85. The number of ether oxygens (including phenoxy) is 2. The zero-order chi connectivity index (χ0) is 22.9. The first-order valence-corrected chi connectivity index (χ1v) is 10.3. The number of aryl methyl sites for hydroxylation is 5. The molecular weight excluding hydrogens is 388 g/mol. The second-order valence-corrected chi connectivity index (χ2v) is 8.18. The molecule has 0 aliphatic rings. The number of rotatable bonds is 4. The van der Waals surface area contributed by atoms with Crippen molar-refractivity contribution >= 4 is 11.9 Å². The van der Waals surface area contributed by atoms with E-state index in [-0.39, 0.29) is 0 Å². The Morgan fingerprint density at radius 2 is 0.968 bits per heavy atom. The molecule has 0 aromatic heterocycles. The van der Waals surface area contributed by atoms with Crippen LogP contribution in [0.25, 0.3) is 0 Å². The molecule has 0 bridgehead atoms. The van der Waals surface area contributed by atoms with E-state index in [0.29, 0.717) is 28.2 Å². The first kappa shape index (κ1) is 22.3. The Morgan fingerprint density at radius 1 is 0.548 bits per heavy atom.